The number of aryl methyl sites for hydroxylation is 1. The third-order valence-corrected chi connectivity index (χ3v) is 6.76. The number of hydrogen-bond acceptors (Lipinski definition) is 7. The molecule has 0 bridgehead atoms. The first-order valence-electron chi connectivity index (χ1n) is 13.1. The fraction of sp³-hybridized carbons (Fsp3) is 0.300. The minimum Gasteiger partial charge on any atom is -0.488 e. The SMILES string of the molecule is C=CC(=O)Nc1cc(Nc2cc(-c3ccc4c(ccn4C)c3)ncn2)c(OC2CC2)cc1N(C)CCN(C)C. The van der Waals surface area contributed by atoms with E-state index in [4.69, 9.17) is 4.74 Å². The number of amides is 1. The number of carbonyl (C=O) groups excluding carboxylic acids is 1. The molecule has 2 aromatic carbocycles. The van der Waals surface area contributed by atoms with Crippen molar-refractivity contribution in [1.82, 2.24) is 19.4 Å². The molecule has 1 aliphatic carbocycles. The fourth-order valence-corrected chi connectivity index (χ4v) is 4.36. The van der Waals surface area contributed by atoms with Gasteiger partial charge in [0.15, 0.2) is 0 Å². The van der Waals surface area contributed by atoms with Crippen molar-refractivity contribution in [2.45, 2.75) is 18.9 Å². The Morgan fingerprint density at radius 1 is 1.10 bits per heavy atom. The lowest BCUT2D eigenvalue weighted by molar-refractivity contribution is -0.111. The number of likely N-dealkylation sites (N-methyl/N-ethyl adjacent to an activating group) is 2. The van der Waals surface area contributed by atoms with Crippen molar-refractivity contribution in [3.63, 3.8) is 0 Å². The van der Waals surface area contributed by atoms with Crippen LogP contribution in [0.3, 0.4) is 0 Å². The van der Waals surface area contributed by atoms with Crippen LogP contribution in [-0.4, -0.2) is 65.7 Å². The van der Waals surface area contributed by atoms with Crippen LogP contribution in [0.25, 0.3) is 22.2 Å². The van der Waals surface area contributed by atoms with Gasteiger partial charge in [0.1, 0.15) is 17.9 Å². The number of nitrogens with zero attached hydrogens (tertiary/aromatic N) is 5. The zero-order valence-electron chi connectivity index (χ0n) is 22.9. The summed E-state index contributed by atoms with van der Waals surface area (Å²) < 4.78 is 8.41. The van der Waals surface area contributed by atoms with E-state index in [1.807, 2.05) is 52.6 Å². The van der Waals surface area contributed by atoms with E-state index < -0.39 is 0 Å². The molecule has 202 valence electrons. The maximum absolute atomic E-state index is 12.3. The van der Waals surface area contributed by atoms with Crippen molar-refractivity contribution < 1.29 is 9.53 Å². The maximum Gasteiger partial charge on any atom is 0.247 e. The summed E-state index contributed by atoms with van der Waals surface area (Å²) in [6.45, 7) is 5.26. The number of aromatic nitrogens is 3. The number of anilines is 4. The molecule has 2 N–H and O–H groups in total. The van der Waals surface area contributed by atoms with Crippen LogP contribution in [0.2, 0.25) is 0 Å². The maximum atomic E-state index is 12.3. The van der Waals surface area contributed by atoms with E-state index in [2.05, 4.69) is 65.8 Å². The summed E-state index contributed by atoms with van der Waals surface area (Å²) in [5.41, 5.74) is 5.23. The van der Waals surface area contributed by atoms with Gasteiger partial charge < -0.3 is 29.7 Å². The Morgan fingerprint density at radius 3 is 2.67 bits per heavy atom. The van der Waals surface area contributed by atoms with Gasteiger partial charge in [-0.05, 0) is 57.3 Å². The second kappa shape index (κ2) is 11.2. The quantitative estimate of drug-likeness (QED) is 0.265. The van der Waals surface area contributed by atoms with Gasteiger partial charge in [-0.3, -0.25) is 4.79 Å². The molecule has 0 atom stereocenters. The minimum absolute atomic E-state index is 0.192. The molecule has 39 heavy (non-hydrogen) atoms. The summed E-state index contributed by atoms with van der Waals surface area (Å²) >= 11 is 0. The zero-order chi connectivity index (χ0) is 27.5. The first-order chi connectivity index (χ1) is 18.8. The van der Waals surface area contributed by atoms with E-state index in [1.54, 1.807) is 6.33 Å². The second-order valence-corrected chi connectivity index (χ2v) is 10.2. The van der Waals surface area contributed by atoms with Gasteiger partial charge in [-0.25, -0.2) is 9.97 Å². The number of ether oxygens (including phenoxy) is 1. The van der Waals surface area contributed by atoms with Gasteiger partial charge in [-0.15, -0.1) is 0 Å². The predicted octanol–water partition coefficient (Wildman–Crippen LogP) is 5.04. The van der Waals surface area contributed by atoms with Gasteiger partial charge in [0.05, 0.1) is 28.9 Å². The van der Waals surface area contributed by atoms with E-state index in [0.717, 1.165) is 53.8 Å². The summed E-state index contributed by atoms with van der Waals surface area (Å²) in [5, 5.41) is 7.54. The van der Waals surface area contributed by atoms with Crippen molar-refractivity contribution in [3.05, 3.63) is 67.6 Å². The fourth-order valence-electron chi connectivity index (χ4n) is 4.36. The highest BCUT2D eigenvalue weighted by molar-refractivity contribution is 6.02. The normalized spacial score (nSPS) is 12.9. The lowest BCUT2D eigenvalue weighted by Crippen LogP contribution is -2.29. The Balaban J connectivity index is 1.49. The largest absolute Gasteiger partial charge is 0.488 e. The molecule has 1 aliphatic rings. The second-order valence-electron chi connectivity index (χ2n) is 10.2. The molecule has 4 aromatic rings. The average Bonchev–Trinajstić information content (AvgIpc) is 3.68. The van der Waals surface area contributed by atoms with Gasteiger partial charge in [0.2, 0.25) is 5.91 Å². The standard InChI is InChI=1S/C30H35N7O2/c1-6-30(38)34-24-16-25(28(39-22-8-9-22)18-27(24)37(5)14-13-35(2)3)33-29-17-23(31-19-32-29)20-7-10-26-21(15-20)11-12-36(26)4/h6-7,10-12,15-19,22H,1,8-9,13-14H2,2-5H3,(H,34,38)(H,31,32,33). The summed E-state index contributed by atoms with van der Waals surface area (Å²) in [7, 11) is 8.12. The number of nitrogens with one attached hydrogen (secondary N) is 2. The van der Waals surface area contributed by atoms with Gasteiger partial charge in [-0.2, -0.15) is 0 Å². The van der Waals surface area contributed by atoms with Gasteiger partial charge in [-0.1, -0.05) is 12.6 Å². The van der Waals surface area contributed by atoms with Crippen LogP contribution in [0.1, 0.15) is 12.8 Å². The van der Waals surface area contributed by atoms with Crippen LogP contribution in [0.4, 0.5) is 22.9 Å². The Morgan fingerprint density at radius 2 is 1.92 bits per heavy atom. The number of carbonyl (C=O) groups is 1. The Bertz CT molecular complexity index is 1510. The van der Waals surface area contributed by atoms with Crippen LogP contribution in [-0.2, 0) is 11.8 Å². The topological polar surface area (TPSA) is 87.5 Å². The summed E-state index contributed by atoms with van der Waals surface area (Å²) in [4.78, 5) is 25.6. The first kappa shape index (κ1) is 26.2. The summed E-state index contributed by atoms with van der Waals surface area (Å²) in [5.74, 6) is 1.06. The molecule has 1 saturated carbocycles. The first-order valence-corrected chi connectivity index (χ1v) is 13.1. The number of hydrogen-bond donors (Lipinski definition) is 2. The van der Waals surface area contributed by atoms with Crippen molar-refractivity contribution in [3.8, 4) is 17.0 Å². The summed E-state index contributed by atoms with van der Waals surface area (Å²) in [6, 6.07) is 14.2. The Labute approximate surface area is 229 Å². The third kappa shape index (κ3) is 6.21. The molecule has 0 saturated heterocycles. The molecule has 1 fully saturated rings. The molecule has 0 aliphatic heterocycles. The van der Waals surface area contributed by atoms with Gasteiger partial charge in [0.25, 0.3) is 0 Å². The molecule has 1 amide bonds. The molecule has 5 rings (SSSR count). The Kier molecular flexibility index (Phi) is 7.51. The average molecular weight is 526 g/mol. The lowest BCUT2D eigenvalue weighted by atomic mass is 10.1. The zero-order valence-corrected chi connectivity index (χ0v) is 22.9. The molecule has 2 aromatic heterocycles. The van der Waals surface area contributed by atoms with E-state index in [1.165, 1.54) is 6.08 Å². The van der Waals surface area contributed by atoms with E-state index in [0.29, 0.717) is 22.9 Å². The van der Waals surface area contributed by atoms with Crippen molar-refractivity contribution >= 4 is 39.7 Å². The molecule has 0 spiro atoms. The van der Waals surface area contributed by atoms with Crippen molar-refractivity contribution in [2.24, 2.45) is 7.05 Å². The summed E-state index contributed by atoms with van der Waals surface area (Å²) in [6.07, 6.45) is 7.12. The van der Waals surface area contributed by atoms with Gasteiger partial charge >= 0.3 is 0 Å². The molecular weight excluding hydrogens is 490 g/mol. The molecule has 9 nitrogen and oxygen atoms in total. The van der Waals surface area contributed by atoms with E-state index in [9.17, 15) is 4.79 Å². The number of fused-ring (bicyclic) bond motifs is 1. The molecule has 0 unspecified atom stereocenters. The Hall–Kier alpha value is -4.37. The number of benzene rings is 2. The van der Waals surface area contributed by atoms with Gasteiger partial charge in [0, 0.05) is 62.0 Å². The monoisotopic (exact) mass is 525 g/mol. The highest BCUT2D eigenvalue weighted by atomic mass is 16.5. The molecular formula is C30H35N7O2. The van der Waals surface area contributed by atoms with E-state index in [-0.39, 0.29) is 12.0 Å². The lowest BCUT2D eigenvalue weighted by Gasteiger charge is -2.26. The van der Waals surface area contributed by atoms with Crippen LogP contribution >= 0.6 is 0 Å². The molecule has 9 heteroatoms. The van der Waals surface area contributed by atoms with Crippen LogP contribution in [0.15, 0.2) is 67.6 Å². The molecule has 0 radical (unpaired) electrons. The third-order valence-electron chi connectivity index (χ3n) is 6.76. The van der Waals surface area contributed by atoms with Crippen LogP contribution in [0.5, 0.6) is 5.75 Å². The smallest absolute Gasteiger partial charge is 0.247 e. The number of rotatable bonds is 11. The highest BCUT2D eigenvalue weighted by Gasteiger charge is 2.26. The highest BCUT2D eigenvalue weighted by Crippen LogP contribution is 2.41. The molecule has 2 heterocycles. The van der Waals surface area contributed by atoms with Crippen molar-refractivity contribution in [2.75, 3.05) is 49.8 Å². The minimum atomic E-state index is -0.278. The van der Waals surface area contributed by atoms with Crippen LogP contribution < -0.4 is 20.3 Å². The van der Waals surface area contributed by atoms with E-state index >= 15 is 0 Å². The predicted molar refractivity (Wildman–Crippen MR) is 158 cm³/mol. The van der Waals surface area contributed by atoms with Crippen LogP contribution in [0, 0.1) is 0 Å². The van der Waals surface area contributed by atoms with Crippen molar-refractivity contribution in [1.29, 1.82) is 0 Å².